The number of rotatable bonds is 4. The fourth-order valence-electron chi connectivity index (χ4n) is 1.69. The standard InChI is InChI=1S/C14H22N2O/c1-5-14(3,15)13(17)16(4)11(2)12-9-7-6-8-10-12/h6-11H,5,15H2,1-4H3. The molecule has 0 aliphatic carbocycles. The van der Waals surface area contributed by atoms with E-state index in [0.29, 0.717) is 6.42 Å². The van der Waals surface area contributed by atoms with Crippen LogP contribution >= 0.6 is 0 Å². The van der Waals surface area contributed by atoms with Crippen molar-refractivity contribution in [2.45, 2.75) is 38.8 Å². The molecule has 17 heavy (non-hydrogen) atoms. The van der Waals surface area contributed by atoms with E-state index in [0.717, 1.165) is 5.56 Å². The molecule has 0 bridgehead atoms. The fourth-order valence-corrected chi connectivity index (χ4v) is 1.69. The molecule has 3 heteroatoms. The maximum atomic E-state index is 12.2. The van der Waals surface area contributed by atoms with Crippen molar-refractivity contribution in [1.82, 2.24) is 4.90 Å². The van der Waals surface area contributed by atoms with Crippen molar-refractivity contribution in [2.24, 2.45) is 5.73 Å². The second kappa shape index (κ2) is 5.32. The van der Waals surface area contributed by atoms with Crippen LogP contribution in [-0.4, -0.2) is 23.4 Å². The van der Waals surface area contributed by atoms with Gasteiger partial charge in [0.25, 0.3) is 0 Å². The highest BCUT2D eigenvalue weighted by atomic mass is 16.2. The Morgan fingerprint density at radius 3 is 2.41 bits per heavy atom. The first kappa shape index (κ1) is 13.7. The van der Waals surface area contributed by atoms with Crippen molar-refractivity contribution >= 4 is 5.91 Å². The average Bonchev–Trinajstić information content (AvgIpc) is 2.37. The Hall–Kier alpha value is -1.35. The summed E-state index contributed by atoms with van der Waals surface area (Å²) >= 11 is 0. The van der Waals surface area contributed by atoms with Gasteiger partial charge in [-0.3, -0.25) is 4.79 Å². The molecule has 2 N–H and O–H groups in total. The van der Waals surface area contributed by atoms with Crippen molar-refractivity contribution in [3.05, 3.63) is 35.9 Å². The topological polar surface area (TPSA) is 46.3 Å². The summed E-state index contributed by atoms with van der Waals surface area (Å²) in [5, 5.41) is 0. The van der Waals surface area contributed by atoms with Crippen LogP contribution in [-0.2, 0) is 4.79 Å². The van der Waals surface area contributed by atoms with Crippen molar-refractivity contribution in [3.8, 4) is 0 Å². The highest BCUT2D eigenvalue weighted by Crippen LogP contribution is 2.21. The van der Waals surface area contributed by atoms with Gasteiger partial charge in [0.05, 0.1) is 11.6 Å². The molecule has 94 valence electrons. The van der Waals surface area contributed by atoms with E-state index in [-0.39, 0.29) is 11.9 Å². The van der Waals surface area contributed by atoms with E-state index in [4.69, 9.17) is 5.73 Å². The van der Waals surface area contributed by atoms with E-state index in [1.165, 1.54) is 0 Å². The summed E-state index contributed by atoms with van der Waals surface area (Å²) in [5.41, 5.74) is 6.33. The lowest BCUT2D eigenvalue weighted by atomic mass is 9.97. The number of nitrogens with zero attached hydrogens (tertiary/aromatic N) is 1. The number of amides is 1. The molecular formula is C14H22N2O. The third-order valence-electron chi connectivity index (χ3n) is 3.41. The first-order chi connectivity index (χ1) is 7.90. The molecule has 0 fully saturated rings. The van der Waals surface area contributed by atoms with Gasteiger partial charge >= 0.3 is 0 Å². The molecule has 0 saturated carbocycles. The summed E-state index contributed by atoms with van der Waals surface area (Å²) in [6, 6.07) is 10.0. The predicted molar refractivity (Wildman–Crippen MR) is 70.5 cm³/mol. The molecule has 0 heterocycles. The summed E-state index contributed by atoms with van der Waals surface area (Å²) in [7, 11) is 1.81. The zero-order chi connectivity index (χ0) is 13.1. The van der Waals surface area contributed by atoms with Gasteiger partial charge in [-0.15, -0.1) is 0 Å². The Kier molecular flexibility index (Phi) is 4.29. The summed E-state index contributed by atoms with van der Waals surface area (Å²) in [6.45, 7) is 5.72. The highest BCUT2D eigenvalue weighted by Gasteiger charge is 2.31. The van der Waals surface area contributed by atoms with Crippen LogP contribution in [0.5, 0.6) is 0 Å². The number of carbonyl (C=O) groups excluding carboxylic acids is 1. The van der Waals surface area contributed by atoms with Crippen LogP contribution in [0.2, 0.25) is 0 Å². The number of benzene rings is 1. The summed E-state index contributed by atoms with van der Waals surface area (Å²) < 4.78 is 0. The number of carbonyl (C=O) groups is 1. The molecule has 0 saturated heterocycles. The third kappa shape index (κ3) is 3.07. The minimum atomic E-state index is -0.780. The van der Waals surface area contributed by atoms with E-state index in [2.05, 4.69) is 0 Å². The predicted octanol–water partition coefficient (Wildman–Crippen LogP) is 2.33. The zero-order valence-electron chi connectivity index (χ0n) is 11.1. The molecule has 1 rings (SSSR count). The van der Waals surface area contributed by atoms with Gasteiger partial charge in [0.15, 0.2) is 0 Å². The third-order valence-corrected chi connectivity index (χ3v) is 3.41. The van der Waals surface area contributed by atoms with Crippen LogP contribution in [0.15, 0.2) is 30.3 Å². The Morgan fingerprint density at radius 1 is 1.41 bits per heavy atom. The molecule has 0 aliphatic rings. The van der Waals surface area contributed by atoms with E-state index >= 15 is 0 Å². The molecule has 0 radical (unpaired) electrons. The monoisotopic (exact) mass is 234 g/mol. The van der Waals surface area contributed by atoms with Crippen molar-refractivity contribution in [2.75, 3.05) is 7.05 Å². The van der Waals surface area contributed by atoms with Crippen LogP contribution in [0.3, 0.4) is 0 Å². The fraction of sp³-hybridized carbons (Fsp3) is 0.500. The smallest absolute Gasteiger partial charge is 0.242 e. The normalized spacial score (nSPS) is 16.1. The lowest BCUT2D eigenvalue weighted by molar-refractivity contribution is -0.137. The van der Waals surface area contributed by atoms with Crippen molar-refractivity contribution in [3.63, 3.8) is 0 Å². The molecule has 0 aromatic heterocycles. The van der Waals surface area contributed by atoms with Crippen LogP contribution < -0.4 is 5.73 Å². The van der Waals surface area contributed by atoms with Crippen LogP contribution in [0.4, 0.5) is 0 Å². The second-order valence-electron chi connectivity index (χ2n) is 4.77. The summed E-state index contributed by atoms with van der Waals surface area (Å²) in [4.78, 5) is 13.9. The van der Waals surface area contributed by atoms with Crippen LogP contribution in [0.1, 0.15) is 38.8 Å². The molecular weight excluding hydrogens is 212 g/mol. The maximum absolute atomic E-state index is 12.2. The molecule has 1 aromatic rings. The molecule has 0 spiro atoms. The van der Waals surface area contributed by atoms with Crippen molar-refractivity contribution in [1.29, 1.82) is 0 Å². The number of hydrogen-bond acceptors (Lipinski definition) is 2. The van der Waals surface area contributed by atoms with E-state index in [1.54, 1.807) is 18.9 Å². The van der Waals surface area contributed by atoms with Crippen molar-refractivity contribution < 1.29 is 4.79 Å². The van der Waals surface area contributed by atoms with Gasteiger partial charge in [-0.25, -0.2) is 0 Å². The molecule has 2 unspecified atom stereocenters. The Bertz CT molecular complexity index is 373. The Labute approximate surface area is 104 Å². The van der Waals surface area contributed by atoms with Gasteiger partial charge in [-0.05, 0) is 25.8 Å². The highest BCUT2D eigenvalue weighted by molar-refractivity contribution is 5.85. The van der Waals surface area contributed by atoms with E-state index in [9.17, 15) is 4.79 Å². The summed E-state index contributed by atoms with van der Waals surface area (Å²) in [6.07, 6.45) is 0.637. The van der Waals surface area contributed by atoms with Gasteiger partial charge in [0, 0.05) is 7.05 Å². The second-order valence-corrected chi connectivity index (χ2v) is 4.77. The van der Waals surface area contributed by atoms with Gasteiger partial charge in [-0.1, -0.05) is 37.3 Å². The Morgan fingerprint density at radius 2 is 1.94 bits per heavy atom. The van der Waals surface area contributed by atoms with Gasteiger partial charge in [0.1, 0.15) is 0 Å². The maximum Gasteiger partial charge on any atom is 0.242 e. The Balaban J connectivity index is 2.84. The number of nitrogens with two attached hydrogens (primary N) is 1. The first-order valence-electron chi connectivity index (χ1n) is 6.01. The molecule has 1 aromatic carbocycles. The average molecular weight is 234 g/mol. The largest absolute Gasteiger partial charge is 0.337 e. The molecule has 0 aliphatic heterocycles. The molecule has 2 atom stereocenters. The lowest BCUT2D eigenvalue weighted by Crippen LogP contribution is -2.52. The zero-order valence-corrected chi connectivity index (χ0v) is 11.1. The first-order valence-corrected chi connectivity index (χ1v) is 6.01. The minimum Gasteiger partial charge on any atom is -0.337 e. The number of likely N-dealkylation sites (N-methyl/N-ethyl adjacent to an activating group) is 1. The minimum absolute atomic E-state index is 0.0173. The lowest BCUT2D eigenvalue weighted by Gasteiger charge is -2.32. The van der Waals surface area contributed by atoms with Gasteiger partial charge in [-0.2, -0.15) is 0 Å². The van der Waals surface area contributed by atoms with Gasteiger partial charge < -0.3 is 10.6 Å². The van der Waals surface area contributed by atoms with E-state index < -0.39 is 5.54 Å². The molecule has 1 amide bonds. The molecule has 3 nitrogen and oxygen atoms in total. The summed E-state index contributed by atoms with van der Waals surface area (Å²) in [5.74, 6) is -0.0173. The van der Waals surface area contributed by atoms with Gasteiger partial charge in [0.2, 0.25) is 5.91 Å². The quantitative estimate of drug-likeness (QED) is 0.869. The van der Waals surface area contributed by atoms with E-state index in [1.807, 2.05) is 44.2 Å². The number of hydrogen-bond donors (Lipinski definition) is 1. The van der Waals surface area contributed by atoms with Crippen LogP contribution in [0.25, 0.3) is 0 Å². The van der Waals surface area contributed by atoms with Crippen LogP contribution in [0, 0.1) is 0 Å². The SMILES string of the molecule is CCC(C)(N)C(=O)N(C)C(C)c1ccccc1.